The molecule has 1 fully saturated rings. The number of nitrogens with one attached hydrogen (secondary N) is 2. The van der Waals surface area contributed by atoms with E-state index in [1.807, 2.05) is 0 Å². The number of hydrogen-bond donors (Lipinski definition) is 6. The summed E-state index contributed by atoms with van der Waals surface area (Å²) in [7, 11) is 0. The molecule has 1 aliphatic heterocycles. The van der Waals surface area contributed by atoms with Crippen molar-refractivity contribution in [3.05, 3.63) is 39.9 Å². The van der Waals surface area contributed by atoms with Crippen molar-refractivity contribution in [3.8, 4) is 0 Å². The number of non-ortho nitro benzene ring substituents is 1. The Balaban J connectivity index is 2.05. The Morgan fingerprint density at radius 2 is 1.70 bits per heavy atom. The molecule has 0 bridgehead atoms. The minimum absolute atomic E-state index is 0.0255. The number of guanidine groups is 1. The first kappa shape index (κ1) is 31.9. The van der Waals surface area contributed by atoms with Crippen molar-refractivity contribution >= 4 is 35.3 Å². The maximum Gasteiger partial charge on any atom is 0.269 e. The highest BCUT2D eigenvalue weighted by atomic mass is 16.6. The molecule has 0 aromatic heterocycles. The molecule has 1 aromatic rings. The lowest BCUT2D eigenvalue weighted by Crippen LogP contribution is -2.56. The molecule has 4 amide bonds. The number of nitro benzene ring substituents is 1. The molecule has 0 saturated carbocycles. The predicted octanol–water partition coefficient (Wildman–Crippen LogP) is -1.23. The van der Waals surface area contributed by atoms with Crippen LogP contribution in [0.3, 0.4) is 0 Å². The van der Waals surface area contributed by atoms with Gasteiger partial charge in [0.25, 0.3) is 5.69 Å². The molecule has 1 heterocycles. The third-order valence-electron chi connectivity index (χ3n) is 6.56. The van der Waals surface area contributed by atoms with Crippen molar-refractivity contribution in [1.29, 1.82) is 0 Å². The molecule has 1 aliphatic rings. The fourth-order valence-corrected chi connectivity index (χ4v) is 4.44. The second-order valence-corrected chi connectivity index (χ2v) is 9.60. The lowest BCUT2D eigenvalue weighted by Gasteiger charge is -2.27. The summed E-state index contributed by atoms with van der Waals surface area (Å²) >= 11 is 0. The van der Waals surface area contributed by atoms with Gasteiger partial charge < -0.3 is 38.5 Å². The number of amides is 4. The first-order valence-electron chi connectivity index (χ1n) is 13.2. The van der Waals surface area contributed by atoms with Crippen LogP contribution in [0.5, 0.6) is 0 Å². The fourth-order valence-electron chi connectivity index (χ4n) is 4.44. The molecule has 3 atom stereocenters. The van der Waals surface area contributed by atoms with Crippen LogP contribution >= 0.6 is 0 Å². The Morgan fingerprint density at radius 3 is 2.30 bits per heavy atom. The third kappa shape index (κ3) is 10.1. The summed E-state index contributed by atoms with van der Waals surface area (Å²) < 4.78 is 0. The summed E-state index contributed by atoms with van der Waals surface area (Å²) in [5.74, 6) is -2.17. The zero-order valence-corrected chi connectivity index (χ0v) is 22.4. The van der Waals surface area contributed by atoms with Crippen LogP contribution in [0.2, 0.25) is 0 Å². The number of primary amides is 1. The number of nitrogens with two attached hydrogens (primary N) is 4. The maximum atomic E-state index is 13.3. The molecule has 3 unspecified atom stereocenters. The van der Waals surface area contributed by atoms with E-state index in [4.69, 9.17) is 22.9 Å². The predicted molar refractivity (Wildman–Crippen MR) is 147 cm³/mol. The van der Waals surface area contributed by atoms with Crippen LogP contribution in [0.25, 0.3) is 0 Å². The number of carbonyl (C=O) groups excluding carboxylic acids is 4. The summed E-state index contributed by atoms with van der Waals surface area (Å²) in [6, 6.07) is 2.93. The zero-order valence-electron chi connectivity index (χ0n) is 22.4. The van der Waals surface area contributed by atoms with Gasteiger partial charge in [-0.2, -0.15) is 0 Å². The second kappa shape index (κ2) is 16.0. The number of carbonyl (C=O) groups is 4. The van der Waals surface area contributed by atoms with Gasteiger partial charge >= 0.3 is 0 Å². The van der Waals surface area contributed by atoms with E-state index in [1.165, 1.54) is 29.2 Å². The number of aliphatic imine (C=N–C) groups is 1. The Bertz CT molecular complexity index is 1080. The topological polar surface area (TPSA) is 255 Å². The number of benzene rings is 1. The SMILES string of the molecule is NCCCCC(NC(=O)C1CCCN1C(=O)Cc1ccc([N+](=O)[O-])cc1)C(=O)NC(CCCN=C(N)N)C(N)=O. The highest BCUT2D eigenvalue weighted by molar-refractivity contribution is 5.94. The van der Waals surface area contributed by atoms with Crippen LogP contribution in [0.1, 0.15) is 50.5 Å². The molecule has 0 spiro atoms. The monoisotopic (exact) mass is 561 g/mol. The highest BCUT2D eigenvalue weighted by Gasteiger charge is 2.36. The average molecular weight is 562 g/mol. The number of unbranched alkanes of at least 4 members (excludes halogenated alkanes) is 1. The van der Waals surface area contributed by atoms with Crippen molar-refractivity contribution in [2.45, 2.75) is 69.5 Å². The zero-order chi connectivity index (χ0) is 29.7. The third-order valence-corrected chi connectivity index (χ3v) is 6.56. The van der Waals surface area contributed by atoms with Gasteiger partial charge in [-0.1, -0.05) is 12.1 Å². The van der Waals surface area contributed by atoms with Gasteiger partial charge in [-0.05, 0) is 57.1 Å². The molecule has 1 aromatic carbocycles. The van der Waals surface area contributed by atoms with Gasteiger partial charge in [0.05, 0.1) is 11.3 Å². The summed E-state index contributed by atoms with van der Waals surface area (Å²) in [4.78, 5) is 67.0. The smallest absolute Gasteiger partial charge is 0.269 e. The van der Waals surface area contributed by atoms with Crippen molar-refractivity contribution in [2.75, 3.05) is 19.6 Å². The second-order valence-electron chi connectivity index (χ2n) is 9.60. The number of nitrogens with zero attached hydrogens (tertiary/aromatic N) is 3. The first-order valence-corrected chi connectivity index (χ1v) is 13.2. The van der Waals surface area contributed by atoms with Crippen LogP contribution < -0.4 is 33.6 Å². The largest absolute Gasteiger partial charge is 0.370 e. The minimum atomic E-state index is -0.984. The summed E-state index contributed by atoms with van der Waals surface area (Å²) in [5, 5.41) is 16.2. The Hall–Kier alpha value is -4.27. The van der Waals surface area contributed by atoms with Gasteiger partial charge in [0.1, 0.15) is 18.1 Å². The normalized spacial score (nSPS) is 16.0. The van der Waals surface area contributed by atoms with E-state index >= 15 is 0 Å². The molecule has 10 N–H and O–H groups in total. The molecule has 2 rings (SSSR count). The lowest BCUT2D eigenvalue weighted by molar-refractivity contribution is -0.384. The van der Waals surface area contributed by atoms with E-state index in [2.05, 4.69) is 15.6 Å². The van der Waals surface area contributed by atoms with Crippen LogP contribution in [0.15, 0.2) is 29.3 Å². The summed E-state index contributed by atoms with van der Waals surface area (Å²) in [5.41, 5.74) is 22.1. The molecule has 0 aliphatic carbocycles. The van der Waals surface area contributed by atoms with Gasteiger partial charge in [-0.3, -0.25) is 34.3 Å². The highest BCUT2D eigenvalue weighted by Crippen LogP contribution is 2.20. The molecule has 40 heavy (non-hydrogen) atoms. The van der Waals surface area contributed by atoms with E-state index < -0.39 is 40.8 Å². The van der Waals surface area contributed by atoms with E-state index in [0.29, 0.717) is 50.8 Å². The van der Waals surface area contributed by atoms with Gasteiger partial charge in [0.2, 0.25) is 23.6 Å². The fraction of sp³-hybridized carbons (Fsp3) is 0.560. The molecule has 1 saturated heterocycles. The van der Waals surface area contributed by atoms with Crippen LogP contribution in [0.4, 0.5) is 5.69 Å². The standard InChI is InChI=1S/C25H39N9O6/c26-12-2-1-5-19(23(37)31-18(22(27)36)6-3-13-30-25(28)29)32-24(38)20-7-4-14-33(20)21(35)15-16-8-10-17(11-9-16)34(39)40/h8-11,18-20H,1-7,12-15,26H2,(H2,27,36)(H,31,37)(H,32,38)(H4,28,29,30). The van der Waals surface area contributed by atoms with Crippen LogP contribution in [0, 0.1) is 10.1 Å². The number of nitro groups is 1. The van der Waals surface area contributed by atoms with E-state index in [0.717, 1.165) is 0 Å². The molecule has 220 valence electrons. The molecular weight excluding hydrogens is 522 g/mol. The average Bonchev–Trinajstić information content (AvgIpc) is 3.40. The van der Waals surface area contributed by atoms with E-state index in [1.54, 1.807) is 0 Å². The Morgan fingerprint density at radius 1 is 1.02 bits per heavy atom. The molecule has 15 heteroatoms. The Kier molecular flexibility index (Phi) is 12.8. The molecule has 0 radical (unpaired) electrons. The van der Waals surface area contributed by atoms with Crippen LogP contribution in [-0.2, 0) is 25.6 Å². The van der Waals surface area contributed by atoms with Gasteiger partial charge in [0, 0.05) is 25.2 Å². The van der Waals surface area contributed by atoms with Gasteiger partial charge in [-0.25, -0.2) is 0 Å². The first-order chi connectivity index (χ1) is 19.0. The van der Waals surface area contributed by atoms with Crippen molar-refractivity contribution in [1.82, 2.24) is 15.5 Å². The van der Waals surface area contributed by atoms with E-state index in [9.17, 15) is 29.3 Å². The number of likely N-dealkylation sites (tertiary alicyclic amines) is 1. The van der Waals surface area contributed by atoms with E-state index in [-0.39, 0.29) is 43.4 Å². The molecule has 15 nitrogen and oxygen atoms in total. The summed E-state index contributed by atoms with van der Waals surface area (Å²) in [6.45, 7) is 1.03. The van der Waals surface area contributed by atoms with Crippen molar-refractivity contribution < 1.29 is 24.1 Å². The van der Waals surface area contributed by atoms with Crippen molar-refractivity contribution in [2.24, 2.45) is 27.9 Å². The minimum Gasteiger partial charge on any atom is -0.370 e. The summed E-state index contributed by atoms with van der Waals surface area (Å²) in [6.07, 6.45) is 3.05. The van der Waals surface area contributed by atoms with Crippen molar-refractivity contribution in [3.63, 3.8) is 0 Å². The Labute approximate surface area is 232 Å². The quantitative estimate of drug-likeness (QED) is 0.0463. The number of hydrogen-bond acceptors (Lipinski definition) is 8. The maximum absolute atomic E-state index is 13.3. The van der Waals surface area contributed by atoms with Gasteiger partial charge in [0.15, 0.2) is 5.96 Å². The number of rotatable bonds is 16. The van der Waals surface area contributed by atoms with Crippen LogP contribution in [-0.4, -0.2) is 77.2 Å². The lowest BCUT2D eigenvalue weighted by atomic mass is 10.1. The molecular formula is C25H39N9O6. The van der Waals surface area contributed by atoms with Gasteiger partial charge in [-0.15, -0.1) is 0 Å².